The Labute approximate surface area is 252 Å². The summed E-state index contributed by atoms with van der Waals surface area (Å²) in [5, 5.41) is 32.7. The molecule has 0 radical (unpaired) electrons. The molecule has 7 N–H and O–H groups in total. The zero-order valence-corrected chi connectivity index (χ0v) is 26.2. The fourth-order valence-electron chi connectivity index (χ4n) is 8.36. The highest BCUT2D eigenvalue weighted by atomic mass is 16.6. The van der Waals surface area contributed by atoms with Gasteiger partial charge < -0.3 is 34.8 Å². The van der Waals surface area contributed by atoms with Crippen LogP contribution in [0.1, 0.15) is 97.3 Å². The Morgan fingerprint density at radius 3 is 2.31 bits per heavy atom. The third-order valence-electron chi connectivity index (χ3n) is 10.4. The number of quaternary nitrogens is 1. The summed E-state index contributed by atoms with van der Waals surface area (Å²) in [5.41, 5.74) is 6.31. The van der Waals surface area contributed by atoms with Crippen molar-refractivity contribution in [3.05, 3.63) is 0 Å². The van der Waals surface area contributed by atoms with Crippen LogP contribution in [0.3, 0.4) is 0 Å². The van der Waals surface area contributed by atoms with E-state index in [2.05, 4.69) is 5.32 Å². The van der Waals surface area contributed by atoms with Gasteiger partial charge in [-0.05, 0) is 93.3 Å². The van der Waals surface area contributed by atoms with E-state index in [1.54, 1.807) is 7.11 Å². The molecular formula is C32H59N2O8+. The Balaban J connectivity index is 1.77. The molecular weight excluding hydrogens is 540 g/mol. The molecule has 42 heavy (non-hydrogen) atoms. The summed E-state index contributed by atoms with van der Waals surface area (Å²) in [6.45, 7) is 4.05. The van der Waals surface area contributed by atoms with Gasteiger partial charge in [-0.1, -0.05) is 12.8 Å². The van der Waals surface area contributed by atoms with E-state index in [-0.39, 0.29) is 49.3 Å². The average molecular weight is 600 g/mol. The molecule has 0 bridgehead atoms. The second-order valence-corrected chi connectivity index (χ2v) is 13.5. The number of ether oxygens (including phenoxy) is 3. The number of carbonyl (C=O) groups is 2. The number of hydrogen-bond acceptors (Lipinski definition) is 9. The van der Waals surface area contributed by atoms with Crippen LogP contribution in [0, 0.1) is 35.5 Å². The van der Waals surface area contributed by atoms with Crippen LogP contribution in [-0.2, 0) is 23.8 Å². The van der Waals surface area contributed by atoms with Gasteiger partial charge in [0.25, 0.3) is 0 Å². The van der Waals surface area contributed by atoms with Gasteiger partial charge in [0.2, 0.25) is 0 Å². The molecule has 3 fully saturated rings. The van der Waals surface area contributed by atoms with Crippen molar-refractivity contribution in [3.63, 3.8) is 0 Å². The summed E-state index contributed by atoms with van der Waals surface area (Å²) < 4.78 is 17.5. The monoisotopic (exact) mass is 599 g/mol. The van der Waals surface area contributed by atoms with Gasteiger partial charge >= 0.3 is 11.9 Å². The molecule has 11 atom stereocenters. The summed E-state index contributed by atoms with van der Waals surface area (Å²) in [4.78, 5) is 24.5. The molecule has 6 unspecified atom stereocenters. The van der Waals surface area contributed by atoms with Gasteiger partial charge in [-0.2, -0.15) is 0 Å². The molecule has 0 aromatic heterocycles. The molecule has 2 aliphatic carbocycles. The Hall–Kier alpha value is -1.30. The van der Waals surface area contributed by atoms with E-state index in [9.17, 15) is 24.9 Å². The van der Waals surface area contributed by atoms with E-state index in [0.29, 0.717) is 49.4 Å². The second kappa shape index (κ2) is 17.9. The number of aliphatic hydroxyl groups excluding tert-OH is 3. The van der Waals surface area contributed by atoms with Crippen LogP contribution in [-0.4, -0.2) is 84.7 Å². The molecule has 10 heteroatoms. The van der Waals surface area contributed by atoms with Gasteiger partial charge in [0, 0.05) is 47.0 Å². The molecule has 0 amide bonds. The lowest BCUT2D eigenvalue weighted by Gasteiger charge is -2.44. The Morgan fingerprint density at radius 1 is 0.952 bits per heavy atom. The normalized spacial score (nSPS) is 35.8. The quantitative estimate of drug-likeness (QED) is 0.199. The van der Waals surface area contributed by atoms with Gasteiger partial charge in [0.1, 0.15) is 18.4 Å². The lowest BCUT2D eigenvalue weighted by Crippen LogP contribution is -2.94. The highest BCUT2D eigenvalue weighted by molar-refractivity contribution is 5.66. The van der Waals surface area contributed by atoms with E-state index in [4.69, 9.17) is 19.9 Å². The minimum atomic E-state index is -0.498. The fraction of sp³-hybridized carbons (Fsp3) is 0.938. The van der Waals surface area contributed by atoms with E-state index in [0.717, 1.165) is 64.3 Å². The van der Waals surface area contributed by atoms with Crippen molar-refractivity contribution in [1.29, 1.82) is 0 Å². The van der Waals surface area contributed by atoms with Gasteiger partial charge in [-0.15, -0.1) is 0 Å². The zero-order chi connectivity index (χ0) is 30.6. The molecule has 0 aromatic rings. The van der Waals surface area contributed by atoms with Crippen LogP contribution >= 0.6 is 0 Å². The molecule has 244 valence electrons. The highest BCUT2D eigenvalue weighted by Crippen LogP contribution is 2.43. The number of hydrogen-bond donors (Lipinski definition) is 5. The summed E-state index contributed by atoms with van der Waals surface area (Å²) in [6.07, 6.45) is 8.95. The van der Waals surface area contributed by atoms with Crippen LogP contribution < -0.4 is 11.1 Å². The third kappa shape index (κ3) is 11.0. The minimum absolute atomic E-state index is 0.0105. The predicted octanol–water partition coefficient (Wildman–Crippen LogP) is 1.87. The minimum Gasteiger partial charge on any atom is -0.462 e. The fourth-order valence-corrected chi connectivity index (χ4v) is 8.36. The maximum Gasteiger partial charge on any atom is 0.302 e. The van der Waals surface area contributed by atoms with Crippen molar-refractivity contribution in [1.82, 2.24) is 0 Å². The highest BCUT2D eigenvalue weighted by Gasteiger charge is 2.42. The average Bonchev–Trinajstić information content (AvgIpc) is 2.92. The maximum atomic E-state index is 12.3. The molecule has 2 saturated carbocycles. The van der Waals surface area contributed by atoms with Crippen LogP contribution in [0.5, 0.6) is 0 Å². The van der Waals surface area contributed by atoms with E-state index in [1.807, 2.05) is 0 Å². The van der Waals surface area contributed by atoms with Crippen molar-refractivity contribution in [2.24, 2.45) is 41.2 Å². The first kappa shape index (κ1) is 35.2. The number of carbonyl (C=O) groups excluding carboxylic acids is 2. The van der Waals surface area contributed by atoms with Crippen LogP contribution in [0.25, 0.3) is 0 Å². The Bertz CT molecular complexity index is 815. The van der Waals surface area contributed by atoms with Crippen molar-refractivity contribution in [2.45, 2.75) is 128 Å². The lowest BCUT2D eigenvalue weighted by molar-refractivity contribution is -0.699. The first-order valence-corrected chi connectivity index (χ1v) is 16.5. The zero-order valence-electron chi connectivity index (χ0n) is 26.2. The number of nitrogens with two attached hydrogens (primary N) is 2. The van der Waals surface area contributed by atoms with Crippen LogP contribution in [0.15, 0.2) is 0 Å². The number of methoxy groups -OCH3 is 1. The van der Waals surface area contributed by atoms with Crippen LogP contribution in [0.2, 0.25) is 0 Å². The summed E-state index contributed by atoms with van der Waals surface area (Å²) in [5.74, 6) is 0.812. The number of rotatable bonds is 13. The van der Waals surface area contributed by atoms with Gasteiger partial charge in [0.15, 0.2) is 0 Å². The Morgan fingerprint density at radius 2 is 1.67 bits per heavy atom. The number of aliphatic hydroxyl groups is 3. The SMILES string of the molecule is COC1CC(CC[C@H](C[C@@H](OC(C)=O)[C@@H]2C[C@@H](CCO)CCC[C@@H](CO)C2)OC(C)=O)C(C2CC[NH2+]C(N)C2)CC1O. The van der Waals surface area contributed by atoms with Crippen molar-refractivity contribution >= 4 is 11.9 Å². The first-order valence-electron chi connectivity index (χ1n) is 16.5. The van der Waals surface area contributed by atoms with Gasteiger partial charge in [0.05, 0.1) is 18.8 Å². The molecule has 1 heterocycles. The largest absolute Gasteiger partial charge is 0.462 e. The first-order chi connectivity index (χ1) is 20.1. The van der Waals surface area contributed by atoms with Crippen molar-refractivity contribution in [2.75, 3.05) is 26.9 Å². The van der Waals surface area contributed by atoms with Crippen molar-refractivity contribution < 1.29 is 44.4 Å². The second-order valence-electron chi connectivity index (χ2n) is 13.5. The lowest BCUT2D eigenvalue weighted by atomic mass is 9.66. The summed E-state index contributed by atoms with van der Waals surface area (Å²) >= 11 is 0. The van der Waals surface area contributed by atoms with Gasteiger partial charge in [-0.3, -0.25) is 15.3 Å². The molecule has 3 rings (SSSR count). The number of esters is 2. The topological polar surface area (TPSA) is 165 Å². The molecule has 1 saturated heterocycles. The molecule has 1 aliphatic heterocycles. The summed E-state index contributed by atoms with van der Waals surface area (Å²) in [6, 6.07) is 0. The molecule has 0 spiro atoms. The Kier molecular flexibility index (Phi) is 15.0. The number of piperidine rings is 1. The van der Waals surface area contributed by atoms with Crippen molar-refractivity contribution in [3.8, 4) is 0 Å². The third-order valence-corrected chi connectivity index (χ3v) is 10.4. The smallest absolute Gasteiger partial charge is 0.302 e. The van der Waals surface area contributed by atoms with E-state index < -0.39 is 18.3 Å². The standard InChI is InChI=1S/C32H58N2O8/c1-20(37)41-27(8-7-24-15-31(40-3)29(39)18-28(24)25-9-11-34-32(33)16-25)17-30(42-21(2)38)26-13-22(10-12-35)5-4-6-23(14-26)19-36/h22-32,34-36,39H,4-19,33H2,1-3H3/p+1/t22-,23-,24?,25?,26-,27-,28?,29?,30-,31?,32?/m1/s1. The maximum absolute atomic E-state index is 12.3. The van der Waals surface area contributed by atoms with E-state index in [1.165, 1.54) is 13.8 Å². The van der Waals surface area contributed by atoms with Crippen LogP contribution in [0.4, 0.5) is 0 Å². The summed E-state index contributed by atoms with van der Waals surface area (Å²) in [7, 11) is 1.65. The van der Waals surface area contributed by atoms with Gasteiger partial charge in [-0.25, -0.2) is 0 Å². The molecule has 10 nitrogen and oxygen atoms in total. The molecule has 3 aliphatic rings. The molecule has 0 aromatic carbocycles. The predicted molar refractivity (Wildman–Crippen MR) is 158 cm³/mol. The van der Waals surface area contributed by atoms with E-state index >= 15 is 0 Å².